The molecule has 3 aromatic rings. The van der Waals surface area contributed by atoms with Gasteiger partial charge in [0.05, 0.1) is 32.2 Å². The highest BCUT2D eigenvalue weighted by Crippen LogP contribution is 2.25. The maximum absolute atomic E-state index is 12.7. The van der Waals surface area contributed by atoms with E-state index in [0.29, 0.717) is 17.9 Å². The molecular formula is C21H26ClN5O4. The summed E-state index contributed by atoms with van der Waals surface area (Å²) in [5, 5.41) is 26.0. The number of imidazole rings is 1. The molecule has 31 heavy (non-hydrogen) atoms. The molecule has 2 aromatic heterocycles. The topological polar surface area (TPSA) is 112 Å². The summed E-state index contributed by atoms with van der Waals surface area (Å²) < 4.78 is 6.59. The van der Waals surface area contributed by atoms with Crippen molar-refractivity contribution in [2.24, 2.45) is 5.41 Å². The fourth-order valence-corrected chi connectivity index (χ4v) is 3.17. The van der Waals surface area contributed by atoms with E-state index in [9.17, 15) is 15.0 Å². The molecule has 0 radical (unpaired) electrons. The predicted molar refractivity (Wildman–Crippen MR) is 118 cm³/mol. The van der Waals surface area contributed by atoms with E-state index < -0.39 is 11.3 Å². The number of fused-ring (bicyclic) bond motifs is 1. The molecule has 0 saturated heterocycles. The van der Waals surface area contributed by atoms with Gasteiger partial charge in [-0.1, -0.05) is 30.7 Å². The molecule has 0 bridgehead atoms. The number of rotatable bonds is 9. The lowest BCUT2D eigenvalue weighted by atomic mass is 9.93. The van der Waals surface area contributed by atoms with Gasteiger partial charge in [0, 0.05) is 31.6 Å². The molecule has 3 N–H and O–H groups in total. The third-order valence-corrected chi connectivity index (χ3v) is 5.26. The van der Waals surface area contributed by atoms with Crippen LogP contribution < -0.4 is 15.0 Å². The molecular weight excluding hydrogens is 422 g/mol. The lowest BCUT2D eigenvalue weighted by Gasteiger charge is -2.24. The zero-order chi connectivity index (χ0) is 22.6. The normalized spacial score (nSPS) is 11.5. The van der Waals surface area contributed by atoms with Crippen LogP contribution in [0.3, 0.4) is 0 Å². The standard InChI is InChI=1S/C21H26ClN5O4/c1-21(12-28,13-29)11-24-20(30)17-9-23-19-16(8-18(22)25-27(17)19)26(2)10-14-4-6-15(31-3)7-5-14/h4-9,28-29H,10-13H2,1-3H3,(H,24,30). The highest BCUT2D eigenvalue weighted by Gasteiger charge is 2.25. The number of amides is 1. The first-order chi connectivity index (χ1) is 14.8. The zero-order valence-corrected chi connectivity index (χ0v) is 18.4. The quantitative estimate of drug-likeness (QED) is 0.458. The van der Waals surface area contributed by atoms with Gasteiger partial charge in [-0.3, -0.25) is 4.79 Å². The van der Waals surface area contributed by atoms with Crippen LogP contribution in [0, 0.1) is 5.41 Å². The number of nitrogens with one attached hydrogen (secondary N) is 1. The van der Waals surface area contributed by atoms with Crippen molar-refractivity contribution in [3.05, 3.63) is 52.9 Å². The van der Waals surface area contributed by atoms with Gasteiger partial charge in [0.15, 0.2) is 16.5 Å². The molecule has 0 fully saturated rings. The van der Waals surface area contributed by atoms with Crippen molar-refractivity contribution >= 4 is 28.8 Å². The van der Waals surface area contributed by atoms with Crippen LogP contribution in [0.4, 0.5) is 5.69 Å². The number of aromatic nitrogens is 3. The molecule has 1 amide bonds. The Kier molecular flexibility index (Phi) is 6.99. The van der Waals surface area contributed by atoms with Gasteiger partial charge < -0.3 is 25.2 Å². The smallest absolute Gasteiger partial charge is 0.271 e. The second-order valence-electron chi connectivity index (χ2n) is 7.74. The van der Waals surface area contributed by atoms with Gasteiger partial charge >= 0.3 is 0 Å². The first-order valence-electron chi connectivity index (χ1n) is 9.68. The molecule has 0 spiro atoms. The van der Waals surface area contributed by atoms with Crippen LogP contribution in [0.25, 0.3) is 5.65 Å². The van der Waals surface area contributed by atoms with Gasteiger partial charge in [-0.25, -0.2) is 9.50 Å². The summed E-state index contributed by atoms with van der Waals surface area (Å²) in [6, 6.07) is 9.42. The molecule has 1 aromatic carbocycles. The lowest BCUT2D eigenvalue weighted by Crippen LogP contribution is -2.40. The first kappa shape index (κ1) is 22.8. The fraction of sp³-hybridized carbons (Fsp3) is 0.381. The Labute approximate surface area is 185 Å². The van der Waals surface area contributed by atoms with E-state index in [4.69, 9.17) is 16.3 Å². The Morgan fingerprint density at radius 1 is 1.29 bits per heavy atom. The number of aliphatic hydroxyl groups is 2. The summed E-state index contributed by atoms with van der Waals surface area (Å²) in [5.41, 5.74) is 1.63. The molecule has 9 nitrogen and oxygen atoms in total. The largest absolute Gasteiger partial charge is 0.497 e. The zero-order valence-electron chi connectivity index (χ0n) is 17.7. The number of halogens is 1. The highest BCUT2D eigenvalue weighted by atomic mass is 35.5. The van der Waals surface area contributed by atoms with E-state index in [1.807, 2.05) is 36.2 Å². The van der Waals surface area contributed by atoms with Gasteiger partial charge in [0.25, 0.3) is 5.91 Å². The summed E-state index contributed by atoms with van der Waals surface area (Å²) in [4.78, 5) is 19.0. The summed E-state index contributed by atoms with van der Waals surface area (Å²) >= 11 is 6.24. The van der Waals surface area contributed by atoms with E-state index in [-0.39, 0.29) is 30.6 Å². The predicted octanol–water partition coefficient (Wildman–Crippen LogP) is 1.75. The van der Waals surface area contributed by atoms with E-state index in [0.717, 1.165) is 11.3 Å². The van der Waals surface area contributed by atoms with Crippen molar-refractivity contribution < 1.29 is 19.7 Å². The van der Waals surface area contributed by atoms with E-state index in [2.05, 4.69) is 15.4 Å². The van der Waals surface area contributed by atoms with E-state index in [1.165, 1.54) is 10.7 Å². The number of hydrogen-bond acceptors (Lipinski definition) is 7. The molecule has 10 heteroatoms. The van der Waals surface area contributed by atoms with E-state index in [1.54, 1.807) is 20.1 Å². The maximum atomic E-state index is 12.7. The Balaban J connectivity index is 1.85. The van der Waals surface area contributed by atoms with Crippen molar-refractivity contribution in [1.82, 2.24) is 19.9 Å². The number of anilines is 1. The van der Waals surface area contributed by atoms with Crippen LogP contribution >= 0.6 is 11.6 Å². The highest BCUT2D eigenvalue weighted by molar-refractivity contribution is 6.29. The average Bonchev–Trinajstić information content (AvgIpc) is 3.20. The number of hydrogen-bond donors (Lipinski definition) is 3. The minimum Gasteiger partial charge on any atom is -0.497 e. The summed E-state index contributed by atoms with van der Waals surface area (Å²) in [6.45, 7) is 1.82. The number of aliphatic hydroxyl groups excluding tert-OH is 2. The Hall–Kier alpha value is -2.88. The number of carbonyl (C=O) groups is 1. The second kappa shape index (κ2) is 9.51. The molecule has 0 atom stereocenters. The summed E-state index contributed by atoms with van der Waals surface area (Å²) in [5.74, 6) is 0.349. The Morgan fingerprint density at radius 3 is 2.58 bits per heavy atom. The van der Waals surface area contributed by atoms with Crippen LogP contribution in [0.15, 0.2) is 36.5 Å². The summed E-state index contributed by atoms with van der Waals surface area (Å²) in [7, 11) is 3.52. The molecule has 3 rings (SSSR count). The molecule has 0 aliphatic rings. The van der Waals surface area contributed by atoms with Crippen LogP contribution in [-0.4, -0.2) is 64.6 Å². The van der Waals surface area contributed by atoms with Crippen LogP contribution in [0.1, 0.15) is 23.0 Å². The van der Waals surface area contributed by atoms with Gasteiger partial charge in [0.1, 0.15) is 5.75 Å². The molecule has 0 saturated carbocycles. The molecule has 0 unspecified atom stereocenters. The first-order valence-corrected chi connectivity index (χ1v) is 10.1. The van der Waals surface area contributed by atoms with Gasteiger partial charge in [0.2, 0.25) is 0 Å². The van der Waals surface area contributed by atoms with Crippen LogP contribution in [-0.2, 0) is 6.54 Å². The van der Waals surface area contributed by atoms with Crippen molar-refractivity contribution in [2.45, 2.75) is 13.5 Å². The summed E-state index contributed by atoms with van der Waals surface area (Å²) in [6.07, 6.45) is 1.42. The van der Waals surface area contributed by atoms with Crippen LogP contribution in [0.5, 0.6) is 5.75 Å². The number of nitrogens with zero attached hydrogens (tertiary/aromatic N) is 4. The van der Waals surface area contributed by atoms with Crippen molar-refractivity contribution in [2.75, 3.05) is 38.8 Å². The molecule has 0 aliphatic heterocycles. The lowest BCUT2D eigenvalue weighted by molar-refractivity contribution is 0.0644. The number of carbonyl (C=O) groups excluding carboxylic acids is 1. The van der Waals surface area contributed by atoms with Gasteiger partial charge in [-0.15, -0.1) is 0 Å². The van der Waals surface area contributed by atoms with Crippen molar-refractivity contribution in [1.29, 1.82) is 0 Å². The van der Waals surface area contributed by atoms with Crippen LogP contribution in [0.2, 0.25) is 5.15 Å². The molecule has 166 valence electrons. The average molecular weight is 448 g/mol. The Bertz CT molecular complexity index is 1050. The third-order valence-electron chi connectivity index (χ3n) is 5.08. The van der Waals surface area contributed by atoms with Crippen molar-refractivity contribution in [3.8, 4) is 5.75 Å². The fourth-order valence-electron chi connectivity index (χ4n) is 3.00. The third kappa shape index (κ3) is 5.07. The van der Waals surface area contributed by atoms with Crippen molar-refractivity contribution in [3.63, 3.8) is 0 Å². The second-order valence-corrected chi connectivity index (χ2v) is 8.13. The SMILES string of the molecule is COc1ccc(CN(C)c2cc(Cl)nn3c(C(=O)NCC(C)(CO)CO)cnc23)cc1. The number of methoxy groups -OCH3 is 1. The molecule has 2 heterocycles. The monoisotopic (exact) mass is 447 g/mol. The minimum absolute atomic E-state index is 0.0941. The van der Waals surface area contributed by atoms with Gasteiger partial charge in [-0.2, -0.15) is 5.10 Å². The maximum Gasteiger partial charge on any atom is 0.271 e. The Morgan fingerprint density at radius 2 is 1.97 bits per heavy atom. The number of benzene rings is 1. The minimum atomic E-state index is -0.828. The van der Waals surface area contributed by atoms with E-state index >= 15 is 0 Å². The molecule has 0 aliphatic carbocycles. The number of ether oxygens (including phenoxy) is 1. The van der Waals surface area contributed by atoms with Gasteiger partial charge in [-0.05, 0) is 17.7 Å².